The smallest absolute Gasteiger partial charge is 0.414 e. The van der Waals surface area contributed by atoms with Crippen molar-refractivity contribution in [3.8, 4) is 11.3 Å². The van der Waals surface area contributed by atoms with Crippen LogP contribution in [-0.2, 0) is 15.0 Å². The topological polar surface area (TPSA) is 90.7 Å². The van der Waals surface area contributed by atoms with Crippen molar-refractivity contribution in [2.45, 2.75) is 11.8 Å². The molecule has 3 heterocycles. The number of pyridine rings is 1. The van der Waals surface area contributed by atoms with E-state index in [9.17, 15) is 0 Å². The number of aromatic nitrogens is 1. The van der Waals surface area contributed by atoms with Gasteiger partial charge >= 0.3 is 11.9 Å². The highest BCUT2D eigenvalue weighted by molar-refractivity contribution is 6.30. The van der Waals surface area contributed by atoms with Crippen LogP contribution in [0.15, 0.2) is 54.7 Å². The Kier molecular flexibility index (Phi) is 5.58. The van der Waals surface area contributed by atoms with Crippen LogP contribution in [0.3, 0.4) is 0 Å². The molecule has 6 nitrogen and oxygen atoms in total. The molecule has 2 bridgehead atoms. The van der Waals surface area contributed by atoms with E-state index in [1.54, 1.807) is 0 Å². The SMILES string of the molecule is Clc1ccc(-c2ccc(C34C=CCN(CC3)C4)cn2)cc1.O=C(O)C(=O)O. The van der Waals surface area contributed by atoms with Crippen molar-refractivity contribution in [2.24, 2.45) is 0 Å². The molecule has 4 rings (SSSR count). The van der Waals surface area contributed by atoms with Crippen molar-refractivity contribution in [1.82, 2.24) is 9.88 Å². The standard InChI is InChI=1S/C18H17ClN2.C2H2O4/c19-16-5-2-14(3-6-16)17-7-4-15(12-20-17)18-8-1-10-21(13-18)11-9-18;3-1(4)2(5)6/h1-8,12H,9-11,13H2;(H,3,4)(H,5,6). The van der Waals surface area contributed by atoms with Crippen molar-refractivity contribution < 1.29 is 19.8 Å². The van der Waals surface area contributed by atoms with Crippen molar-refractivity contribution in [1.29, 1.82) is 0 Å². The first-order valence-electron chi connectivity index (χ1n) is 8.48. The van der Waals surface area contributed by atoms with Crippen LogP contribution in [0.2, 0.25) is 5.02 Å². The summed E-state index contributed by atoms with van der Waals surface area (Å²) in [5.41, 5.74) is 3.62. The minimum Gasteiger partial charge on any atom is -0.473 e. The van der Waals surface area contributed by atoms with Crippen molar-refractivity contribution >= 4 is 23.5 Å². The second-order valence-electron chi connectivity index (χ2n) is 6.59. The van der Waals surface area contributed by atoms with Gasteiger partial charge in [-0.05, 0) is 36.7 Å². The van der Waals surface area contributed by atoms with E-state index >= 15 is 0 Å². The van der Waals surface area contributed by atoms with Crippen LogP contribution in [0.4, 0.5) is 0 Å². The molecular formula is C20H19ClN2O4. The number of carboxylic acid groups (broad SMARTS) is 2. The largest absolute Gasteiger partial charge is 0.473 e. The molecule has 2 aliphatic rings. The lowest BCUT2D eigenvalue weighted by molar-refractivity contribution is -0.159. The van der Waals surface area contributed by atoms with E-state index in [0.717, 1.165) is 29.4 Å². The molecule has 27 heavy (non-hydrogen) atoms. The van der Waals surface area contributed by atoms with Gasteiger partial charge < -0.3 is 10.2 Å². The van der Waals surface area contributed by atoms with Crippen LogP contribution in [0.25, 0.3) is 11.3 Å². The van der Waals surface area contributed by atoms with Gasteiger partial charge in [0, 0.05) is 35.3 Å². The molecule has 140 valence electrons. The van der Waals surface area contributed by atoms with Gasteiger partial charge in [0.15, 0.2) is 0 Å². The molecule has 0 saturated carbocycles. The van der Waals surface area contributed by atoms with E-state index in [2.05, 4.69) is 34.2 Å². The monoisotopic (exact) mass is 386 g/mol. The van der Waals surface area contributed by atoms with Gasteiger partial charge in [-0.25, -0.2) is 9.59 Å². The third-order valence-corrected chi connectivity index (χ3v) is 5.09. The summed E-state index contributed by atoms with van der Waals surface area (Å²) >= 11 is 5.93. The Bertz CT molecular complexity index is 853. The van der Waals surface area contributed by atoms with Gasteiger partial charge in [0.05, 0.1) is 5.69 Å². The average molecular weight is 387 g/mol. The number of hydrogen-bond donors (Lipinski definition) is 2. The van der Waals surface area contributed by atoms with Crippen LogP contribution in [-0.4, -0.2) is 51.7 Å². The second kappa shape index (κ2) is 7.90. The van der Waals surface area contributed by atoms with Crippen LogP contribution in [0, 0.1) is 0 Å². The summed E-state index contributed by atoms with van der Waals surface area (Å²) in [5.74, 6) is -3.65. The normalized spacial score (nSPS) is 22.6. The molecule has 2 aliphatic heterocycles. The number of rotatable bonds is 2. The Labute approximate surface area is 161 Å². The fourth-order valence-electron chi connectivity index (χ4n) is 3.45. The molecule has 1 fully saturated rings. The zero-order valence-corrected chi connectivity index (χ0v) is 15.3. The number of benzene rings is 1. The number of carboxylic acids is 2. The first kappa shape index (κ1) is 19.1. The number of hydrogen-bond acceptors (Lipinski definition) is 4. The number of aliphatic carboxylic acids is 2. The molecule has 2 aromatic rings. The maximum absolute atomic E-state index is 9.10. The maximum Gasteiger partial charge on any atom is 0.414 e. The minimum atomic E-state index is -1.82. The van der Waals surface area contributed by atoms with Gasteiger partial charge in [0.25, 0.3) is 0 Å². The highest BCUT2D eigenvalue weighted by atomic mass is 35.5. The number of fused-ring (bicyclic) bond motifs is 2. The predicted octanol–water partition coefficient (Wildman–Crippen LogP) is 3.07. The zero-order chi connectivity index (χ0) is 19.4. The van der Waals surface area contributed by atoms with Crippen molar-refractivity contribution in [3.63, 3.8) is 0 Å². The Balaban J connectivity index is 0.000000307. The minimum absolute atomic E-state index is 0.184. The molecule has 0 aliphatic carbocycles. The van der Waals surface area contributed by atoms with E-state index in [0.29, 0.717) is 0 Å². The molecule has 1 aromatic carbocycles. The van der Waals surface area contributed by atoms with Gasteiger partial charge in [-0.1, -0.05) is 42.0 Å². The predicted molar refractivity (Wildman–Crippen MR) is 102 cm³/mol. The molecule has 0 amide bonds. The zero-order valence-electron chi connectivity index (χ0n) is 14.5. The van der Waals surface area contributed by atoms with Crippen molar-refractivity contribution in [3.05, 3.63) is 65.3 Å². The summed E-state index contributed by atoms with van der Waals surface area (Å²) in [6, 6.07) is 12.2. The van der Waals surface area contributed by atoms with Crippen LogP contribution in [0.5, 0.6) is 0 Å². The summed E-state index contributed by atoms with van der Waals surface area (Å²) in [5, 5.41) is 15.5. The van der Waals surface area contributed by atoms with Crippen LogP contribution in [0.1, 0.15) is 12.0 Å². The summed E-state index contributed by atoms with van der Waals surface area (Å²) in [4.78, 5) is 25.4. The fourth-order valence-corrected chi connectivity index (χ4v) is 3.57. The molecule has 0 radical (unpaired) electrons. The molecule has 7 heteroatoms. The van der Waals surface area contributed by atoms with Gasteiger partial charge in [-0.3, -0.25) is 9.88 Å². The Morgan fingerprint density at radius 1 is 1.07 bits per heavy atom. The third kappa shape index (κ3) is 4.35. The van der Waals surface area contributed by atoms with Crippen LogP contribution >= 0.6 is 11.6 Å². The van der Waals surface area contributed by atoms with Gasteiger partial charge in [0.2, 0.25) is 0 Å². The third-order valence-electron chi connectivity index (χ3n) is 4.84. The summed E-state index contributed by atoms with van der Waals surface area (Å²) < 4.78 is 0. The Morgan fingerprint density at radius 2 is 1.78 bits per heavy atom. The van der Waals surface area contributed by atoms with Crippen molar-refractivity contribution in [2.75, 3.05) is 19.6 Å². The highest BCUT2D eigenvalue weighted by Gasteiger charge is 2.39. The molecule has 2 atom stereocenters. The summed E-state index contributed by atoms with van der Waals surface area (Å²) in [6.45, 7) is 3.41. The maximum atomic E-state index is 9.10. The van der Waals surface area contributed by atoms with E-state index in [1.165, 1.54) is 18.5 Å². The Hall–Kier alpha value is -2.70. The van der Waals surface area contributed by atoms with E-state index in [4.69, 9.17) is 31.4 Å². The lowest BCUT2D eigenvalue weighted by atomic mass is 9.79. The average Bonchev–Trinajstić information content (AvgIpc) is 2.98. The van der Waals surface area contributed by atoms with Crippen LogP contribution < -0.4 is 0 Å². The molecule has 1 saturated heterocycles. The number of halogens is 1. The van der Waals surface area contributed by atoms with Gasteiger partial charge in [-0.15, -0.1) is 0 Å². The fraction of sp³-hybridized carbons (Fsp3) is 0.250. The number of carbonyl (C=O) groups is 2. The van der Waals surface area contributed by atoms with E-state index < -0.39 is 11.9 Å². The summed E-state index contributed by atoms with van der Waals surface area (Å²) in [7, 11) is 0. The van der Waals surface area contributed by atoms with E-state index in [-0.39, 0.29) is 5.41 Å². The quantitative estimate of drug-likeness (QED) is 0.609. The Morgan fingerprint density at radius 3 is 2.37 bits per heavy atom. The number of nitrogens with zero attached hydrogens (tertiary/aromatic N) is 2. The first-order valence-corrected chi connectivity index (χ1v) is 8.86. The van der Waals surface area contributed by atoms with Gasteiger partial charge in [-0.2, -0.15) is 0 Å². The highest BCUT2D eigenvalue weighted by Crippen LogP contribution is 2.38. The molecule has 0 spiro atoms. The van der Waals surface area contributed by atoms with E-state index in [1.807, 2.05) is 30.5 Å². The molecule has 1 aromatic heterocycles. The van der Waals surface area contributed by atoms with Gasteiger partial charge in [0.1, 0.15) is 0 Å². The first-order chi connectivity index (χ1) is 12.9. The molecular weight excluding hydrogens is 368 g/mol. The second-order valence-corrected chi connectivity index (χ2v) is 7.03. The molecule has 2 unspecified atom stereocenters. The summed E-state index contributed by atoms with van der Waals surface area (Å²) in [6.07, 6.45) is 7.92. The lowest BCUT2D eigenvalue weighted by Gasteiger charge is -2.29. The lowest BCUT2D eigenvalue weighted by Crippen LogP contribution is -2.33. The molecule has 2 N–H and O–H groups in total.